The average molecular weight is 152 g/mol. The summed E-state index contributed by atoms with van der Waals surface area (Å²) in [6.07, 6.45) is -2.11. The van der Waals surface area contributed by atoms with Gasteiger partial charge < -0.3 is 0 Å². The molecule has 0 radical (unpaired) electrons. The fourth-order valence-corrected chi connectivity index (χ4v) is 1.44. The molecule has 0 atom stereocenters. The summed E-state index contributed by atoms with van der Waals surface area (Å²) in [7, 11) is 0. The Balaban J connectivity index is 2.37. The van der Waals surface area contributed by atoms with E-state index in [-0.39, 0.29) is 0 Å². The Hall–Kier alpha value is -0.210. The summed E-state index contributed by atoms with van der Waals surface area (Å²) in [4.78, 5) is 0. The molecule has 0 bridgehead atoms. The van der Waals surface area contributed by atoms with Crippen LogP contribution in [0, 0.1) is 5.41 Å². The minimum atomic E-state index is -3.96. The van der Waals surface area contributed by atoms with Gasteiger partial charge in [0.05, 0.1) is 0 Å². The van der Waals surface area contributed by atoms with E-state index in [2.05, 4.69) is 0 Å². The van der Waals surface area contributed by atoms with E-state index in [1.54, 1.807) is 6.92 Å². The van der Waals surface area contributed by atoms with Gasteiger partial charge in [0.2, 0.25) is 0 Å². The number of halogens is 3. The second kappa shape index (κ2) is 2.14. The summed E-state index contributed by atoms with van der Waals surface area (Å²) >= 11 is 0. The van der Waals surface area contributed by atoms with Crippen LogP contribution in [0.15, 0.2) is 0 Å². The predicted molar refractivity (Wildman–Crippen MR) is 32.6 cm³/mol. The molecule has 0 saturated heterocycles. The van der Waals surface area contributed by atoms with Crippen LogP contribution in [-0.2, 0) is 0 Å². The molecule has 0 heterocycles. The van der Waals surface area contributed by atoms with Crippen molar-refractivity contribution < 1.29 is 13.2 Å². The average Bonchev–Trinajstić information content (AvgIpc) is 1.57. The molecule has 0 aromatic heterocycles. The maximum absolute atomic E-state index is 11.8. The summed E-state index contributed by atoms with van der Waals surface area (Å²) in [6.45, 7) is 1.71. The van der Waals surface area contributed by atoms with E-state index >= 15 is 0 Å². The molecule has 0 spiro atoms. The second-order valence-electron chi connectivity index (χ2n) is 3.46. The van der Waals surface area contributed by atoms with Crippen LogP contribution in [0.4, 0.5) is 13.2 Å². The highest BCUT2D eigenvalue weighted by molar-refractivity contribution is 4.85. The third kappa shape index (κ3) is 1.89. The van der Waals surface area contributed by atoms with E-state index in [4.69, 9.17) is 0 Å². The molecule has 0 unspecified atom stereocenters. The zero-order valence-electron chi connectivity index (χ0n) is 5.96. The van der Waals surface area contributed by atoms with Gasteiger partial charge in [-0.1, -0.05) is 13.3 Å². The van der Waals surface area contributed by atoms with Gasteiger partial charge in [-0.05, 0) is 18.3 Å². The van der Waals surface area contributed by atoms with Crippen molar-refractivity contribution >= 4 is 0 Å². The molecule has 3 heteroatoms. The number of alkyl halides is 3. The van der Waals surface area contributed by atoms with E-state index in [9.17, 15) is 13.2 Å². The molecule has 0 aromatic rings. The molecule has 1 aliphatic rings. The summed E-state index contributed by atoms with van der Waals surface area (Å²) in [6, 6.07) is 0. The van der Waals surface area contributed by atoms with Crippen LogP contribution in [0.1, 0.15) is 32.6 Å². The van der Waals surface area contributed by atoms with Crippen LogP contribution in [-0.4, -0.2) is 6.18 Å². The van der Waals surface area contributed by atoms with Gasteiger partial charge in [0.15, 0.2) is 0 Å². The molecule has 1 aliphatic carbocycles. The van der Waals surface area contributed by atoms with Crippen molar-refractivity contribution in [2.45, 2.75) is 38.8 Å². The summed E-state index contributed by atoms with van der Waals surface area (Å²) in [5.41, 5.74) is -0.418. The fraction of sp³-hybridized carbons (Fsp3) is 1.00. The first-order valence-electron chi connectivity index (χ1n) is 3.48. The highest BCUT2D eigenvalue weighted by atomic mass is 19.4. The molecule has 0 amide bonds. The Bertz CT molecular complexity index is 121. The van der Waals surface area contributed by atoms with Crippen LogP contribution in [0.25, 0.3) is 0 Å². The van der Waals surface area contributed by atoms with Crippen LogP contribution >= 0.6 is 0 Å². The second-order valence-corrected chi connectivity index (χ2v) is 3.46. The molecule has 0 N–H and O–H groups in total. The molecule has 60 valence electrons. The first kappa shape index (κ1) is 7.89. The van der Waals surface area contributed by atoms with Crippen molar-refractivity contribution in [3.63, 3.8) is 0 Å². The molecule has 1 saturated carbocycles. The van der Waals surface area contributed by atoms with Gasteiger partial charge in [-0.3, -0.25) is 0 Å². The highest BCUT2D eigenvalue weighted by Gasteiger charge is 2.42. The maximum atomic E-state index is 11.8. The smallest absolute Gasteiger partial charge is 0.171 e. The normalized spacial score (nSPS) is 24.0. The Morgan fingerprint density at radius 1 is 1.30 bits per heavy atom. The van der Waals surface area contributed by atoms with Gasteiger partial charge in [0, 0.05) is 6.42 Å². The first-order chi connectivity index (χ1) is 4.41. The number of hydrogen-bond donors (Lipinski definition) is 0. The third-order valence-electron chi connectivity index (χ3n) is 2.19. The van der Waals surface area contributed by atoms with E-state index < -0.39 is 18.0 Å². The fourth-order valence-electron chi connectivity index (χ4n) is 1.44. The molecule has 1 fully saturated rings. The molecule has 0 aromatic carbocycles. The van der Waals surface area contributed by atoms with E-state index in [0.717, 1.165) is 19.3 Å². The first-order valence-corrected chi connectivity index (χ1v) is 3.48. The van der Waals surface area contributed by atoms with E-state index in [0.29, 0.717) is 0 Å². The predicted octanol–water partition coefficient (Wildman–Crippen LogP) is 3.13. The lowest BCUT2D eigenvalue weighted by atomic mass is 9.68. The van der Waals surface area contributed by atoms with Crippen LogP contribution < -0.4 is 0 Å². The zero-order valence-corrected chi connectivity index (χ0v) is 5.96. The minimum Gasteiger partial charge on any atom is -0.171 e. The van der Waals surface area contributed by atoms with Crippen LogP contribution in [0.3, 0.4) is 0 Å². The zero-order chi connectivity index (χ0) is 7.83. The van der Waals surface area contributed by atoms with Crippen molar-refractivity contribution in [3.8, 4) is 0 Å². The molecule has 0 aliphatic heterocycles. The van der Waals surface area contributed by atoms with Crippen molar-refractivity contribution in [1.82, 2.24) is 0 Å². The van der Waals surface area contributed by atoms with Crippen LogP contribution in [0.2, 0.25) is 0 Å². The standard InChI is InChI=1S/C7H11F3/c1-6(3-2-4-6)5-7(8,9)10/h2-5H2,1H3. The minimum absolute atomic E-state index is 0.418. The Labute approximate surface area is 58.4 Å². The van der Waals surface area contributed by atoms with E-state index in [1.807, 2.05) is 0 Å². The summed E-state index contributed by atoms with van der Waals surface area (Å²) < 4.78 is 35.3. The summed E-state index contributed by atoms with van der Waals surface area (Å²) in [5, 5.41) is 0. The van der Waals surface area contributed by atoms with Crippen molar-refractivity contribution in [1.29, 1.82) is 0 Å². The van der Waals surface area contributed by atoms with Gasteiger partial charge in [-0.2, -0.15) is 13.2 Å². The Morgan fingerprint density at radius 3 is 1.90 bits per heavy atom. The highest BCUT2D eigenvalue weighted by Crippen LogP contribution is 2.47. The van der Waals surface area contributed by atoms with Gasteiger partial charge in [0.25, 0.3) is 0 Å². The topological polar surface area (TPSA) is 0 Å². The largest absolute Gasteiger partial charge is 0.389 e. The molecule has 0 nitrogen and oxygen atoms in total. The lowest BCUT2D eigenvalue weighted by Gasteiger charge is -2.38. The maximum Gasteiger partial charge on any atom is 0.389 e. The molecular weight excluding hydrogens is 141 g/mol. The van der Waals surface area contributed by atoms with Gasteiger partial charge in [-0.15, -0.1) is 0 Å². The van der Waals surface area contributed by atoms with Crippen molar-refractivity contribution in [3.05, 3.63) is 0 Å². The Morgan fingerprint density at radius 2 is 1.80 bits per heavy atom. The molecule has 1 rings (SSSR count). The SMILES string of the molecule is CC1(CC(F)(F)F)CCC1. The molecular formula is C7H11F3. The lowest BCUT2D eigenvalue weighted by molar-refractivity contribution is -0.166. The quantitative estimate of drug-likeness (QED) is 0.541. The monoisotopic (exact) mass is 152 g/mol. The van der Waals surface area contributed by atoms with Crippen molar-refractivity contribution in [2.24, 2.45) is 5.41 Å². The lowest BCUT2D eigenvalue weighted by Crippen LogP contribution is -2.31. The Kier molecular flexibility index (Phi) is 1.69. The molecule has 10 heavy (non-hydrogen) atoms. The number of hydrogen-bond acceptors (Lipinski definition) is 0. The van der Waals surface area contributed by atoms with Crippen molar-refractivity contribution in [2.75, 3.05) is 0 Å². The number of rotatable bonds is 1. The summed E-state index contributed by atoms with van der Waals surface area (Å²) in [5.74, 6) is 0. The third-order valence-corrected chi connectivity index (χ3v) is 2.19. The van der Waals surface area contributed by atoms with Gasteiger partial charge >= 0.3 is 6.18 Å². The van der Waals surface area contributed by atoms with Crippen LogP contribution in [0.5, 0.6) is 0 Å². The van der Waals surface area contributed by atoms with E-state index in [1.165, 1.54) is 0 Å². The van der Waals surface area contributed by atoms with Gasteiger partial charge in [-0.25, -0.2) is 0 Å². The van der Waals surface area contributed by atoms with Gasteiger partial charge in [0.1, 0.15) is 0 Å².